The van der Waals surface area contributed by atoms with Crippen LogP contribution in [0.5, 0.6) is 0 Å². The van der Waals surface area contributed by atoms with Crippen molar-refractivity contribution < 1.29 is 53.4 Å². The van der Waals surface area contributed by atoms with Gasteiger partial charge in [0.2, 0.25) is 0 Å². The predicted octanol–water partition coefficient (Wildman–Crippen LogP) is 4.19. The predicted molar refractivity (Wildman–Crippen MR) is 217 cm³/mol. The lowest BCUT2D eigenvalue weighted by Crippen LogP contribution is -2.65. The van der Waals surface area contributed by atoms with Gasteiger partial charge in [0.25, 0.3) is 0 Å². The number of carbonyl (C=O) groups excluding carboxylic acids is 3. The minimum Gasteiger partial charge on any atom is -0.458 e. The lowest BCUT2D eigenvalue weighted by atomic mass is 9.63. The molecule has 0 aliphatic carbocycles. The topological polar surface area (TPSA) is 192 Å². The minimum absolute atomic E-state index is 0.0676. The molecule has 330 valence electrons. The van der Waals surface area contributed by atoms with Gasteiger partial charge in [-0.1, -0.05) is 34.1 Å². The number of hydrogen-bond acceptors (Lipinski definition) is 14. The van der Waals surface area contributed by atoms with Crippen LogP contribution in [0.3, 0.4) is 0 Å². The quantitative estimate of drug-likeness (QED) is 0.216. The number of aliphatic hydroxyl groups excluding tert-OH is 2. The molecule has 0 aromatic carbocycles. The molecule has 5 heterocycles. The van der Waals surface area contributed by atoms with Gasteiger partial charge in [0.05, 0.1) is 47.8 Å². The number of Topliss-reactive ketones (excluding diaryl/α,β-unsaturated/α-hetero) is 1. The van der Waals surface area contributed by atoms with E-state index >= 15 is 0 Å². The summed E-state index contributed by atoms with van der Waals surface area (Å²) in [6.45, 7) is 14.2. The molecule has 3 aliphatic rings. The zero-order valence-electron chi connectivity index (χ0n) is 36.7. The number of ketones is 1. The van der Waals surface area contributed by atoms with Crippen molar-refractivity contribution in [2.45, 2.75) is 160 Å². The number of hydrogen-bond donors (Lipinski definition) is 3. The number of nitrogens with zero attached hydrogens (tertiary/aromatic N) is 4. The number of cyclic esters (lactones) is 1. The van der Waals surface area contributed by atoms with Crippen LogP contribution in [0.15, 0.2) is 37.1 Å². The highest BCUT2D eigenvalue weighted by Gasteiger charge is 2.70. The van der Waals surface area contributed by atoms with E-state index in [1.54, 1.807) is 67.2 Å². The van der Waals surface area contributed by atoms with E-state index in [4.69, 9.17) is 23.7 Å². The Labute approximate surface area is 349 Å². The summed E-state index contributed by atoms with van der Waals surface area (Å²) in [5.41, 5.74) is -3.50. The number of rotatable bonds is 11. The Morgan fingerprint density at radius 2 is 1.75 bits per heavy atom. The molecule has 2 aromatic rings. The van der Waals surface area contributed by atoms with Crippen LogP contribution in [-0.4, -0.2) is 133 Å². The van der Waals surface area contributed by atoms with Gasteiger partial charge in [0, 0.05) is 61.6 Å². The number of likely N-dealkylation sites (N-methyl/N-ethyl adjacent to an activating group) is 1. The Kier molecular flexibility index (Phi) is 14.9. The molecule has 3 unspecified atom stereocenters. The number of fused-ring (bicyclic) bond motifs is 1. The van der Waals surface area contributed by atoms with Crippen LogP contribution in [0, 0.1) is 29.6 Å². The first kappa shape index (κ1) is 46.8. The van der Waals surface area contributed by atoms with Crippen LogP contribution < -0.4 is 0 Å². The first-order chi connectivity index (χ1) is 27.7. The first-order valence-corrected chi connectivity index (χ1v) is 21.2. The number of aliphatic hydroxyl groups is 3. The Bertz CT molecular complexity index is 1740. The van der Waals surface area contributed by atoms with Crippen LogP contribution in [0.2, 0.25) is 0 Å². The first-order valence-electron chi connectivity index (χ1n) is 21.2. The lowest BCUT2D eigenvalue weighted by Gasteiger charge is -2.49. The second-order valence-electron chi connectivity index (χ2n) is 18.0. The molecule has 0 radical (unpaired) electrons. The van der Waals surface area contributed by atoms with Gasteiger partial charge in [-0.2, -0.15) is 0 Å². The van der Waals surface area contributed by atoms with E-state index in [1.807, 2.05) is 48.8 Å². The summed E-state index contributed by atoms with van der Waals surface area (Å²) in [5, 5.41) is 36.5. The summed E-state index contributed by atoms with van der Waals surface area (Å²) in [5.74, 6) is -6.74. The van der Waals surface area contributed by atoms with Gasteiger partial charge in [-0.05, 0) is 86.0 Å². The van der Waals surface area contributed by atoms with Gasteiger partial charge in [0.15, 0.2) is 11.9 Å². The van der Waals surface area contributed by atoms with Crippen molar-refractivity contribution in [1.29, 1.82) is 0 Å². The van der Waals surface area contributed by atoms with E-state index in [2.05, 4.69) is 9.97 Å². The van der Waals surface area contributed by atoms with E-state index in [9.17, 15) is 29.7 Å². The number of imidazole rings is 1. The van der Waals surface area contributed by atoms with Crippen LogP contribution in [0.25, 0.3) is 11.3 Å². The summed E-state index contributed by atoms with van der Waals surface area (Å²) in [6.07, 6.45) is 3.31. The van der Waals surface area contributed by atoms with Gasteiger partial charge in [0.1, 0.15) is 23.6 Å². The number of aryl methyl sites for hydroxylation is 1. The average molecular weight is 829 g/mol. The van der Waals surface area contributed by atoms with Crippen LogP contribution in [0.1, 0.15) is 93.9 Å². The number of esters is 2. The van der Waals surface area contributed by atoms with Gasteiger partial charge < -0.3 is 48.5 Å². The molecule has 59 heavy (non-hydrogen) atoms. The van der Waals surface area contributed by atoms with Crippen LogP contribution in [-0.2, 0) is 44.6 Å². The number of carbonyl (C=O) groups is 3. The SMILES string of the molecule is CC[C@H]1OC(=O)[C@H](C)[C@@H](O)[C@H](C)[C@@H](O[C@@H]2OC(C)C[C@H](N(C)C)[C@H]2O)[C@](C)(OC)C[C@@H](C)C(=O)[C@H](C)C2(O)C(CCCCn3cnc(-c4cccnc4)c3)C(=O)O[C@]12C. The maximum atomic E-state index is 14.8. The largest absolute Gasteiger partial charge is 0.458 e. The van der Waals surface area contributed by atoms with Crippen molar-refractivity contribution in [2.75, 3.05) is 21.2 Å². The molecular weight excluding hydrogens is 761 g/mol. The van der Waals surface area contributed by atoms with Crippen molar-refractivity contribution >= 4 is 17.7 Å². The third-order valence-electron chi connectivity index (χ3n) is 13.7. The molecule has 0 saturated carbocycles. The van der Waals surface area contributed by atoms with E-state index in [0.717, 1.165) is 11.3 Å². The highest BCUT2D eigenvalue weighted by Crippen LogP contribution is 2.52. The van der Waals surface area contributed by atoms with E-state index in [0.29, 0.717) is 25.8 Å². The molecule has 15 nitrogen and oxygen atoms in total. The van der Waals surface area contributed by atoms with Gasteiger partial charge in [-0.25, -0.2) is 4.98 Å². The fraction of sp³-hybridized carbons (Fsp3) is 0.750. The monoisotopic (exact) mass is 828 g/mol. The average Bonchev–Trinajstić information content (AvgIpc) is 3.76. The third kappa shape index (κ3) is 9.17. The second kappa shape index (κ2) is 18.8. The normalized spacial score (nSPS) is 40.0. The minimum atomic E-state index is -2.09. The van der Waals surface area contributed by atoms with Crippen molar-refractivity contribution in [3.63, 3.8) is 0 Å². The Morgan fingerprint density at radius 3 is 2.37 bits per heavy atom. The molecule has 3 aliphatic heterocycles. The van der Waals surface area contributed by atoms with E-state index in [1.165, 1.54) is 7.11 Å². The fourth-order valence-electron chi connectivity index (χ4n) is 9.97. The number of ether oxygens (including phenoxy) is 5. The number of unbranched alkanes of at least 4 members (excludes halogenated alkanes) is 1. The van der Waals surface area contributed by atoms with Crippen LogP contribution in [0.4, 0.5) is 0 Å². The molecule has 0 spiro atoms. The zero-order chi connectivity index (χ0) is 43.6. The summed E-state index contributed by atoms with van der Waals surface area (Å²) < 4.78 is 33.2. The van der Waals surface area contributed by atoms with Crippen molar-refractivity contribution in [3.05, 3.63) is 37.1 Å². The Balaban J connectivity index is 1.46. The second-order valence-corrected chi connectivity index (χ2v) is 18.0. The molecule has 15 atom stereocenters. The van der Waals surface area contributed by atoms with Gasteiger partial charge in [-0.15, -0.1) is 0 Å². The van der Waals surface area contributed by atoms with Crippen LogP contribution >= 0.6 is 0 Å². The van der Waals surface area contributed by atoms with E-state index < -0.39 is 89.0 Å². The summed E-state index contributed by atoms with van der Waals surface area (Å²) in [6, 6.07) is 3.50. The molecule has 5 rings (SSSR count). The van der Waals surface area contributed by atoms with Gasteiger partial charge >= 0.3 is 11.9 Å². The third-order valence-corrected chi connectivity index (χ3v) is 13.7. The molecule has 3 N–H and O–H groups in total. The van der Waals surface area contributed by atoms with E-state index in [-0.39, 0.29) is 37.2 Å². The molecule has 2 aromatic heterocycles. The van der Waals surface area contributed by atoms with Crippen molar-refractivity contribution in [1.82, 2.24) is 19.4 Å². The zero-order valence-corrected chi connectivity index (χ0v) is 36.7. The molecule has 15 heteroatoms. The van der Waals surface area contributed by atoms with Gasteiger partial charge in [-0.3, -0.25) is 19.4 Å². The number of methoxy groups -OCH3 is 1. The van der Waals surface area contributed by atoms with Crippen molar-refractivity contribution in [2.24, 2.45) is 29.6 Å². The highest BCUT2D eigenvalue weighted by molar-refractivity contribution is 5.87. The molecule has 0 bridgehead atoms. The van der Waals surface area contributed by atoms with Crippen molar-refractivity contribution in [3.8, 4) is 11.3 Å². The summed E-state index contributed by atoms with van der Waals surface area (Å²) >= 11 is 0. The number of pyridine rings is 1. The lowest BCUT2D eigenvalue weighted by molar-refractivity contribution is -0.301. The molecule has 3 fully saturated rings. The maximum Gasteiger partial charge on any atom is 0.312 e. The standard InChI is InChI=1S/C44H68N4O11/c1-12-34-43(8)44(54,31(40(53)59-43)17-13-14-19-48-23-32(46-24-48)30-16-15-18-45-22-30)29(6)35(49)25(2)21-42(7,55-11)38(27(4)36(50)28(5)39(52)57-34)58-41-37(51)33(47(9)10)20-26(3)56-41/h15-16,18,22-29,31,33-34,36-38,41,50-51,54H,12-14,17,19-21H2,1-11H3/t25-,26?,27+,28-,29+,31?,33+,34-,36+,37-,38-,41+,42-,43-,44?/m1/s1. The smallest absolute Gasteiger partial charge is 0.312 e. The fourth-order valence-corrected chi connectivity index (χ4v) is 9.97. The molecule has 3 saturated heterocycles. The molecular formula is C44H68N4O11. The highest BCUT2D eigenvalue weighted by atomic mass is 16.7. The Hall–Kier alpha value is -3.31. The summed E-state index contributed by atoms with van der Waals surface area (Å²) in [4.78, 5) is 53.4. The number of aromatic nitrogens is 3. The maximum absolute atomic E-state index is 14.8. The molecule has 0 amide bonds. The summed E-state index contributed by atoms with van der Waals surface area (Å²) in [7, 11) is 5.23. The Morgan fingerprint density at radius 1 is 1.03 bits per heavy atom.